The third-order valence-electron chi connectivity index (χ3n) is 3.67. The number of hydrogen-bond donors (Lipinski definition) is 1. The van der Waals surface area contributed by atoms with Gasteiger partial charge < -0.3 is 4.98 Å². The van der Waals surface area contributed by atoms with Crippen LogP contribution in [0.2, 0.25) is 0 Å². The fourth-order valence-corrected chi connectivity index (χ4v) is 2.86. The fraction of sp³-hybridized carbons (Fsp3) is 0.133. The largest absolute Gasteiger partial charge is 0.354 e. The normalized spacial score (nSPS) is 14.7. The third-order valence-corrected chi connectivity index (χ3v) is 3.67. The summed E-state index contributed by atoms with van der Waals surface area (Å²) in [6, 6.07) is 12.4. The number of hydrogen-bond acceptors (Lipinski definition) is 1. The lowest BCUT2D eigenvalue weighted by Gasteiger charge is -1.99. The molecule has 1 heterocycles. The van der Waals surface area contributed by atoms with Crippen molar-refractivity contribution >= 4 is 27.6 Å². The first-order valence-corrected chi connectivity index (χ1v) is 5.90. The molecule has 0 spiro atoms. The van der Waals surface area contributed by atoms with Crippen molar-refractivity contribution in [3.05, 3.63) is 47.5 Å². The SMILES string of the molecule is O=C1CCc2ccc3c([nH]c4ccccc43)c21. The summed E-state index contributed by atoms with van der Waals surface area (Å²) in [5, 5.41) is 2.36. The van der Waals surface area contributed by atoms with Crippen LogP contribution in [-0.2, 0) is 6.42 Å². The average Bonchev–Trinajstić information content (AvgIpc) is 2.90. The van der Waals surface area contributed by atoms with Crippen LogP contribution in [-0.4, -0.2) is 10.8 Å². The quantitative estimate of drug-likeness (QED) is 0.619. The molecular weight excluding hydrogens is 210 g/mol. The number of para-hydroxylation sites is 1. The lowest BCUT2D eigenvalue weighted by atomic mass is 10.0. The molecule has 0 aliphatic heterocycles. The molecule has 0 radical (unpaired) electrons. The van der Waals surface area contributed by atoms with E-state index in [1.807, 2.05) is 12.1 Å². The highest BCUT2D eigenvalue weighted by Gasteiger charge is 2.23. The van der Waals surface area contributed by atoms with E-state index in [1.54, 1.807) is 0 Å². The number of aromatic nitrogens is 1. The molecule has 0 unspecified atom stereocenters. The van der Waals surface area contributed by atoms with Crippen molar-refractivity contribution in [3.63, 3.8) is 0 Å². The van der Waals surface area contributed by atoms with Gasteiger partial charge >= 0.3 is 0 Å². The van der Waals surface area contributed by atoms with Gasteiger partial charge in [0.05, 0.1) is 5.52 Å². The second-order valence-electron chi connectivity index (χ2n) is 4.62. The summed E-state index contributed by atoms with van der Waals surface area (Å²) in [5.41, 5.74) is 4.23. The molecule has 0 saturated carbocycles. The summed E-state index contributed by atoms with van der Waals surface area (Å²) in [4.78, 5) is 15.3. The zero-order chi connectivity index (χ0) is 11.4. The number of Topliss-reactive ketones (excluding diaryl/α,β-unsaturated/α-hetero) is 1. The number of rotatable bonds is 0. The van der Waals surface area contributed by atoms with Crippen LogP contribution in [0.1, 0.15) is 22.3 Å². The standard InChI is InChI=1S/C15H11NO/c17-13-8-6-9-5-7-11-10-3-1-2-4-12(10)16-15(11)14(9)13/h1-5,7,16H,6,8H2. The molecule has 0 saturated heterocycles. The van der Waals surface area contributed by atoms with Gasteiger partial charge in [0.1, 0.15) is 0 Å². The molecular formula is C15H11NO. The summed E-state index contributed by atoms with van der Waals surface area (Å²) in [6.45, 7) is 0. The third kappa shape index (κ3) is 1.07. The molecule has 17 heavy (non-hydrogen) atoms. The number of H-pyrrole nitrogens is 1. The van der Waals surface area contributed by atoms with E-state index in [4.69, 9.17) is 0 Å². The Kier molecular flexibility index (Phi) is 1.57. The van der Waals surface area contributed by atoms with Gasteiger partial charge in [0.25, 0.3) is 0 Å². The Morgan fingerprint density at radius 1 is 0.941 bits per heavy atom. The van der Waals surface area contributed by atoms with E-state index in [-0.39, 0.29) is 5.78 Å². The Labute approximate surface area is 98.3 Å². The predicted octanol–water partition coefficient (Wildman–Crippen LogP) is 3.45. The summed E-state index contributed by atoms with van der Waals surface area (Å²) in [7, 11) is 0. The van der Waals surface area contributed by atoms with Gasteiger partial charge in [-0.3, -0.25) is 4.79 Å². The van der Waals surface area contributed by atoms with Gasteiger partial charge in [0, 0.05) is 28.3 Å². The Hall–Kier alpha value is -2.09. The molecule has 1 aromatic heterocycles. The van der Waals surface area contributed by atoms with E-state index >= 15 is 0 Å². The lowest BCUT2D eigenvalue weighted by Crippen LogP contribution is -1.92. The molecule has 2 heteroatoms. The number of fused-ring (bicyclic) bond motifs is 5. The highest BCUT2D eigenvalue weighted by Crippen LogP contribution is 2.33. The number of carbonyl (C=O) groups is 1. The van der Waals surface area contributed by atoms with Crippen molar-refractivity contribution < 1.29 is 4.79 Å². The molecule has 3 aromatic rings. The Morgan fingerprint density at radius 2 is 1.82 bits per heavy atom. The summed E-state index contributed by atoms with van der Waals surface area (Å²) in [6.07, 6.45) is 1.54. The van der Waals surface area contributed by atoms with Gasteiger partial charge in [-0.1, -0.05) is 30.3 Å². The van der Waals surface area contributed by atoms with Gasteiger partial charge in [-0.15, -0.1) is 0 Å². The number of nitrogens with one attached hydrogen (secondary N) is 1. The summed E-state index contributed by atoms with van der Waals surface area (Å²) < 4.78 is 0. The Balaban J connectivity index is 2.25. The minimum absolute atomic E-state index is 0.275. The molecule has 0 bridgehead atoms. The molecule has 4 rings (SSSR count). The minimum Gasteiger partial charge on any atom is -0.354 e. The van der Waals surface area contributed by atoms with E-state index in [0.717, 1.165) is 28.4 Å². The predicted molar refractivity (Wildman–Crippen MR) is 68.5 cm³/mol. The number of benzene rings is 2. The average molecular weight is 221 g/mol. The van der Waals surface area contributed by atoms with Crippen molar-refractivity contribution in [1.29, 1.82) is 0 Å². The fourth-order valence-electron chi connectivity index (χ4n) is 2.86. The zero-order valence-corrected chi connectivity index (χ0v) is 9.29. The van der Waals surface area contributed by atoms with Crippen LogP contribution >= 0.6 is 0 Å². The number of aromatic amines is 1. The first-order chi connectivity index (χ1) is 8.34. The van der Waals surface area contributed by atoms with Crippen molar-refractivity contribution in [2.75, 3.05) is 0 Å². The molecule has 0 fully saturated rings. The van der Waals surface area contributed by atoms with E-state index < -0.39 is 0 Å². The Bertz CT molecular complexity index is 767. The van der Waals surface area contributed by atoms with Crippen molar-refractivity contribution in [1.82, 2.24) is 4.98 Å². The lowest BCUT2D eigenvalue weighted by molar-refractivity contribution is 0.0996. The molecule has 1 N–H and O–H groups in total. The van der Waals surface area contributed by atoms with Crippen molar-refractivity contribution in [2.24, 2.45) is 0 Å². The minimum atomic E-state index is 0.275. The number of aryl methyl sites for hydroxylation is 1. The maximum atomic E-state index is 11.9. The molecule has 0 atom stereocenters. The second-order valence-corrected chi connectivity index (χ2v) is 4.62. The number of carbonyl (C=O) groups excluding carboxylic acids is 1. The maximum absolute atomic E-state index is 11.9. The first kappa shape index (κ1) is 8.99. The van der Waals surface area contributed by atoms with Crippen LogP contribution in [0.25, 0.3) is 21.8 Å². The maximum Gasteiger partial charge on any atom is 0.165 e. The topological polar surface area (TPSA) is 32.9 Å². The zero-order valence-electron chi connectivity index (χ0n) is 9.29. The number of ketones is 1. The molecule has 2 aromatic carbocycles. The van der Waals surface area contributed by atoms with Gasteiger partial charge in [-0.25, -0.2) is 0 Å². The highest BCUT2D eigenvalue weighted by molar-refractivity contribution is 6.17. The van der Waals surface area contributed by atoms with E-state index in [0.29, 0.717) is 6.42 Å². The van der Waals surface area contributed by atoms with Crippen LogP contribution in [0.5, 0.6) is 0 Å². The molecule has 2 nitrogen and oxygen atoms in total. The van der Waals surface area contributed by atoms with Gasteiger partial charge in [-0.05, 0) is 18.1 Å². The first-order valence-electron chi connectivity index (χ1n) is 5.90. The van der Waals surface area contributed by atoms with Crippen LogP contribution < -0.4 is 0 Å². The molecule has 1 aliphatic rings. The van der Waals surface area contributed by atoms with E-state index in [1.165, 1.54) is 10.9 Å². The smallest absolute Gasteiger partial charge is 0.165 e. The van der Waals surface area contributed by atoms with Gasteiger partial charge in [-0.2, -0.15) is 0 Å². The summed E-state index contributed by atoms with van der Waals surface area (Å²) >= 11 is 0. The van der Waals surface area contributed by atoms with Crippen molar-refractivity contribution in [3.8, 4) is 0 Å². The van der Waals surface area contributed by atoms with Gasteiger partial charge in [0.2, 0.25) is 0 Å². The Morgan fingerprint density at radius 3 is 2.76 bits per heavy atom. The summed E-state index contributed by atoms with van der Waals surface area (Å²) in [5.74, 6) is 0.275. The highest BCUT2D eigenvalue weighted by atomic mass is 16.1. The molecule has 1 aliphatic carbocycles. The van der Waals surface area contributed by atoms with Crippen LogP contribution in [0.15, 0.2) is 36.4 Å². The van der Waals surface area contributed by atoms with Crippen molar-refractivity contribution in [2.45, 2.75) is 12.8 Å². The molecule has 0 amide bonds. The van der Waals surface area contributed by atoms with Crippen LogP contribution in [0.4, 0.5) is 0 Å². The van der Waals surface area contributed by atoms with Gasteiger partial charge in [0.15, 0.2) is 5.78 Å². The molecule has 82 valence electrons. The van der Waals surface area contributed by atoms with Crippen LogP contribution in [0, 0.1) is 0 Å². The second kappa shape index (κ2) is 2.98. The van der Waals surface area contributed by atoms with E-state index in [2.05, 4.69) is 29.2 Å². The monoisotopic (exact) mass is 221 g/mol. The van der Waals surface area contributed by atoms with Crippen LogP contribution in [0.3, 0.4) is 0 Å². The van der Waals surface area contributed by atoms with E-state index in [9.17, 15) is 4.79 Å².